The van der Waals surface area contributed by atoms with E-state index >= 15 is 0 Å². The van der Waals surface area contributed by atoms with E-state index in [0.29, 0.717) is 6.04 Å². The number of piperidine rings is 1. The van der Waals surface area contributed by atoms with Crippen LogP contribution in [0.15, 0.2) is 6.20 Å². The van der Waals surface area contributed by atoms with Crippen molar-refractivity contribution in [1.82, 2.24) is 14.5 Å². The van der Waals surface area contributed by atoms with E-state index in [9.17, 15) is 0 Å². The minimum Gasteiger partial charge on any atom is -0.332 e. The van der Waals surface area contributed by atoms with Crippen LogP contribution in [0.5, 0.6) is 0 Å². The van der Waals surface area contributed by atoms with Gasteiger partial charge in [0.25, 0.3) is 0 Å². The van der Waals surface area contributed by atoms with Gasteiger partial charge < -0.3 is 15.2 Å². The highest BCUT2D eigenvalue weighted by atomic mass is 15.1. The van der Waals surface area contributed by atoms with Gasteiger partial charge in [0.15, 0.2) is 0 Å². The van der Waals surface area contributed by atoms with Gasteiger partial charge in [-0.25, -0.2) is 4.98 Å². The quantitative estimate of drug-likeness (QED) is 0.896. The number of hydrogen-bond donors (Lipinski definition) is 1. The summed E-state index contributed by atoms with van der Waals surface area (Å²) in [4.78, 5) is 7.21. The molecule has 0 amide bonds. The van der Waals surface area contributed by atoms with Crippen molar-refractivity contribution in [3.63, 3.8) is 0 Å². The highest BCUT2D eigenvalue weighted by molar-refractivity contribution is 5.10. The maximum absolute atomic E-state index is 6.03. The Bertz CT molecular complexity index is 418. The van der Waals surface area contributed by atoms with Gasteiger partial charge in [-0.2, -0.15) is 0 Å². The van der Waals surface area contributed by atoms with E-state index in [0.717, 1.165) is 31.7 Å². The third kappa shape index (κ3) is 2.84. The van der Waals surface area contributed by atoms with Gasteiger partial charge in [0.1, 0.15) is 5.82 Å². The number of fused-ring (bicyclic) bond motifs is 1. The van der Waals surface area contributed by atoms with Crippen LogP contribution in [0.25, 0.3) is 0 Å². The van der Waals surface area contributed by atoms with Crippen molar-refractivity contribution in [3.05, 3.63) is 17.7 Å². The summed E-state index contributed by atoms with van der Waals surface area (Å²) in [6.45, 7) is 7.05. The number of aromatic nitrogens is 2. The average molecular weight is 262 g/mol. The predicted octanol–water partition coefficient (Wildman–Crippen LogP) is 1.43. The van der Waals surface area contributed by atoms with E-state index in [1.54, 1.807) is 0 Å². The van der Waals surface area contributed by atoms with Crippen LogP contribution in [0, 0.1) is 5.92 Å². The van der Waals surface area contributed by atoms with Gasteiger partial charge in [-0.15, -0.1) is 0 Å². The number of imidazole rings is 1. The molecule has 2 aliphatic rings. The fraction of sp³-hybridized carbons (Fsp3) is 0.800. The lowest BCUT2D eigenvalue weighted by Gasteiger charge is -2.31. The minimum absolute atomic E-state index is 0.338. The van der Waals surface area contributed by atoms with Gasteiger partial charge in [0.05, 0.1) is 0 Å². The van der Waals surface area contributed by atoms with Crippen molar-refractivity contribution < 1.29 is 0 Å². The van der Waals surface area contributed by atoms with E-state index in [1.807, 2.05) is 0 Å². The SMILES string of the molecule is CCN1CCC(Cc2ncc3n2CCC(N)C3)CC1. The zero-order chi connectivity index (χ0) is 13.2. The lowest BCUT2D eigenvalue weighted by atomic mass is 9.93. The molecule has 0 saturated carbocycles. The summed E-state index contributed by atoms with van der Waals surface area (Å²) in [5.74, 6) is 2.13. The van der Waals surface area contributed by atoms with Crippen LogP contribution in [0.3, 0.4) is 0 Å². The standard InChI is InChI=1S/C15H26N4/c1-2-18-6-3-12(4-7-18)9-15-17-11-14-10-13(16)5-8-19(14)15/h11-13H,2-10,16H2,1H3. The fourth-order valence-electron chi connectivity index (χ4n) is 3.48. The largest absolute Gasteiger partial charge is 0.332 e. The Hall–Kier alpha value is -0.870. The number of nitrogens with zero attached hydrogens (tertiary/aromatic N) is 3. The summed E-state index contributed by atoms with van der Waals surface area (Å²) in [5.41, 5.74) is 7.37. The van der Waals surface area contributed by atoms with Gasteiger partial charge >= 0.3 is 0 Å². The maximum atomic E-state index is 6.03. The molecule has 4 heteroatoms. The molecule has 0 spiro atoms. The van der Waals surface area contributed by atoms with Gasteiger partial charge in [0.2, 0.25) is 0 Å². The first-order valence-corrected chi connectivity index (χ1v) is 7.77. The summed E-state index contributed by atoms with van der Waals surface area (Å²) >= 11 is 0. The second-order valence-electron chi connectivity index (χ2n) is 6.15. The van der Waals surface area contributed by atoms with Crippen LogP contribution in [0.2, 0.25) is 0 Å². The second kappa shape index (κ2) is 5.63. The molecule has 106 valence electrons. The molecule has 2 N–H and O–H groups in total. The van der Waals surface area contributed by atoms with Crippen molar-refractivity contribution in [2.75, 3.05) is 19.6 Å². The average Bonchev–Trinajstić information content (AvgIpc) is 2.82. The van der Waals surface area contributed by atoms with Crippen LogP contribution in [-0.4, -0.2) is 40.1 Å². The monoisotopic (exact) mass is 262 g/mol. The molecular weight excluding hydrogens is 236 g/mol. The van der Waals surface area contributed by atoms with Crippen molar-refractivity contribution in [1.29, 1.82) is 0 Å². The van der Waals surface area contributed by atoms with E-state index in [-0.39, 0.29) is 0 Å². The van der Waals surface area contributed by atoms with Gasteiger partial charge in [-0.05, 0) is 44.8 Å². The Labute approximate surface area is 116 Å². The molecule has 4 nitrogen and oxygen atoms in total. The molecule has 1 saturated heterocycles. The third-order valence-electron chi connectivity index (χ3n) is 4.84. The van der Waals surface area contributed by atoms with Crippen LogP contribution in [-0.2, 0) is 19.4 Å². The minimum atomic E-state index is 0.338. The van der Waals surface area contributed by atoms with Crippen molar-refractivity contribution in [2.24, 2.45) is 11.7 Å². The molecule has 1 aromatic rings. The number of likely N-dealkylation sites (tertiary alicyclic amines) is 1. The summed E-state index contributed by atoms with van der Waals surface area (Å²) in [7, 11) is 0. The van der Waals surface area contributed by atoms with E-state index in [2.05, 4.69) is 27.6 Å². The summed E-state index contributed by atoms with van der Waals surface area (Å²) < 4.78 is 2.43. The summed E-state index contributed by atoms with van der Waals surface area (Å²) in [6, 6.07) is 0.338. The Balaban J connectivity index is 1.62. The molecule has 1 fully saturated rings. The Morgan fingerprint density at radius 1 is 1.26 bits per heavy atom. The molecule has 0 bridgehead atoms. The Kier molecular flexibility index (Phi) is 3.89. The van der Waals surface area contributed by atoms with Crippen molar-refractivity contribution in [3.8, 4) is 0 Å². The lowest BCUT2D eigenvalue weighted by Crippen LogP contribution is -2.35. The van der Waals surface area contributed by atoms with Gasteiger partial charge in [0, 0.05) is 37.3 Å². The molecular formula is C15H26N4. The normalized spacial score (nSPS) is 25.5. The topological polar surface area (TPSA) is 47.1 Å². The van der Waals surface area contributed by atoms with Crippen molar-refractivity contribution in [2.45, 2.75) is 51.6 Å². The maximum Gasteiger partial charge on any atom is 0.109 e. The molecule has 0 radical (unpaired) electrons. The molecule has 19 heavy (non-hydrogen) atoms. The molecule has 1 unspecified atom stereocenters. The van der Waals surface area contributed by atoms with Crippen LogP contribution < -0.4 is 5.73 Å². The highest BCUT2D eigenvalue weighted by Crippen LogP contribution is 2.23. The Morgan fingerprint density at radius 3 is 2.79 bits per heavy atom. The molecule has 2 aliphatic heterocycles. The first-order chi connectivity index (χ1) is 9.26. The molecule has 0 aliphatic carbocycles. The van der Waals surface area contributed by atoms with E-state index in [4.69, 9.17) is 5.73 Å². The second-order valence-corrected chi connectivity index (χ2v) is 6.15. The lowest BCUT2D eigenvalue weighted by molar-refractivity contribution is 0.190. The van der Waals surface area contributed by atoms with E-state index < -0.39 is 0 Å². The molecule has 3 heterocycles. The first-order valence-electron chi connectivity index (χ1n) is 7.77. The van der Waals surface area contributed by atoms with Crippen LogP contribution >= 0.6 is 0 Å². The molecule has 1 aromatic heterocycles. The zero-order valence-corrected chi connectivity index (χ0v) is 12.0. The molecule has 0 aromatic carbocycles. The molecule has 3 rings (SSSR count). The van der Waals surface area contributed by atoms with Gasteiger partial charge in [-0.1, -0.05) is 6.92 Å². The third-order valence-corrected chi connectivity index (χ3v) is 4.84. The smallest absolute Gasteiger partial charge is 0.109 e. The molecule has 1 atom stereocenters. The van der Waals surface area contributed by atoms with Crippen molar-refractivity contribution >= 4 is 0 Å². The summed E-state index contributed by atoms with van der Waals surface area (Å²) in [6.07, 6.45) is 7.97. The van der Waals surface area contributed by atoms with Gasteiger partial charge in [-0.3, -0.25) is 0 Å². The zero-order valence-electron chi connectivity index (χ0n) is 12.0. The van der Waals surface area contributed by atoms with E-state index in [1.165, 1.54) is 44.0 Å². The van der Waals surface area contributed by atoms with Crippen LogP contribution in [0.4, 0.5) is 0 Å². The predicted molar refractivity (Wildman–Crippen MR) is 77.1 cm³/mol. The summed E-state index contributed by atoms with van der Waals surface area (Å²) in [5, 5.41) is 0. The number of rotatable bonds is 3. The highest BCUT2D eigenvalue weighted by Gasteiger charge is 2.23. The Morgan fingerprint density at radius 2 is 2.05 bits per heavy atom. The first kappa shape index (κ1) is 13.1. The van der Waals surface area contributed by atoms with Crippen LogP contribution in [0.1, 0.15) is 37.7 Å². The fourth-order valence-corrected chi connectivity index (χ4v) is 3.48. The number of hydrogen-bond acceptors (Lipinski definition) is 3. The number of nitrogens with two attached hydrogens (primary N) is 1.